The molecule has 3 rings (SSSR count). The molecule has 0 bridgehead atoms. The molecule has 0 aliphatic carbocycles. The zero-order valence-corrected chi connectivity index (χ0v) is 13.6. The van der Waals surface area contributed by atoms with Crippen LogP contribution in [0, 0.1) is 6.92 Å². The molecule has 2 aromatic carbocycles. The van der Waals surface area contributed by atoms with Gasteiger partial charge < -0.3 is 10.1 Å². The first kappa shape index (κ1) is 15.8. The molecule has 1 aromatic heterocycles. The monoisotopic (exact) mass is 308 g/mol. The van der Waals surface area contributed by atoms with Crippen molar-refractivity contribution in [3.8, 4) is 0 Å². The lowest BCUT2D eigenvalue weighted by atomic mass is 10.1. The molecule has 0 saturated heterocycles. The number of aromatic nitrogens is 1. The highest BCUT2D eigenvalue weighted by Gasteiger charge is 2.08. The number of para-hydroxylation sites is 1. The maximum Gasteiger partial charge on any atom is 0.0558 e. The molecule has 120 valence electrons. The Kier molecular flexibility index (Phi) is 5.11. The van der Waals surface area contributed by atoms with Crippen LogP contribution in [0.1, 0.15) is 16.7 Å². The lowest BCUT2D eigenvalue weighted by Crippen LogP contribution is -2.28. The van der Waals surface area contributed by atoms with Crippen LogP contribution in [0.15, 0.2) is 54.7 Å². The second-order valence-electron chi connectivity index (χ2n) is 6.09. The Bertz CT molecular complexity index is 746. The highest BCUT2D eigenvalue weighted by atomic mass is 16.3. The SMILES string of the molecule is Cc1ccc(CN(CCO)CCc2c[nH]c3ccccc23)cc1. The van der Waals surface area contributed by atoms with E-state index in [0.717, 1.165) is 19.5 Å². The highest BCUT2D eigenvalue weighted by Crippen LogP contribution is 2.18. The number of H-pyrrole nitrogens is 1. The van der Waals surface area contributed by atoms with Gasteiger partial charge in [-0.1, -0.05) is 48.0 Å². The van der Waals surface area contributed by atoms with E-state index in [1.807, 2.05) is 0 Å². The van der Waals surface area contributed by atoms with E-state index in [2.05, 4.69) is 71.5 Å². The lowest BCUT2D eigenvalue weighted by molar-refractivity contribution is 0.192. The van der Waals surface area contributed by atoms with E-state index in [0.29, 0.717) is 6.54 Å². The molecular weight excluding hydrogens is 284 g/mol. The number of aliphatic hydroxyl groups excluding tert-OH is 1. The average Bonchev–Trinajstić information content (AvgIpc) is 2.98. The fourth-order valence-electron chi connectivity index (χ4n) is 2.98. The minimum Gasteiger partial charge on any atom is -0.395 e. The van der Waals surface area contributed by atoms with Crippen molar-refractivity contribution in [1.29, 1.82) is 0 Å². The van der Waals surface area contributed by atoms with Crippen LogP contribution in [0.4, 0.5) is 0 Å². The smallest absolute Gasteiger partial charge is 0.0558 e. The summed E-state index contributed by atoms with van der Waals surface area (Å²) in [5.74, 6) is 0. The molecule has 0 aliphatic rings. The van der Waals surface area contributed by atoms with Crippen molar-refractivity contribution in [2.24, 2.45) is 0 Å². The van der Waals surface area contributed by atoms with Gasteiger partial charge in [0, 0.05) is 36.7 Å². The van der Waals surface area contributed by atoms with Gasteiger partial charge in [-0.15, -0.1) is 0 Å². The van der Waals surface area contributed by atoms with E-state index < -0.39 is 0 Å². The molecule has 1 heterocycles. The fraction of sp³-hybridized carbons (Fsp3) is 0.300. The summed E-state index contributed by atoms with van der Waals surface area (Å²) in [6.07, 6.45) is 3.09. The second-order valence-corrected chi connectivity index (χ2v) is 6.09. The molecule has 0 fully saturated rings. The van der Waals surface area contributed by atoms with E-state index in [9.17, 15) is 5.11 Å². The zero-order valence-electron chi connectivity index (χ0n) is 13.6. The van der Waals surface area contributed by atoms with Gasteiger partial charge in [-0.05, 0) is 30.5 Å². The van der Waals surface area contributed by atoms with E-state index in [4.69, 9.17) is 0 Å². The van der Waals surface area contributed by atoms with Gasteiger partial charge in [0.2, 0.25) is 0 Å². The van der Waals surface area contributed by atoms with Gasteiger partial charge in [0.25, 0.3) is 0 Å². The molecule has 0 atom stereocenters. The summed E-state index contributed by atoms with van der Waals surface area (Å²) >= 11 is 0. The van der Waals surface area contributed by atoms with Crippen molar-refractivity contribution in [2.45, 2.75) is 19.9 Å². The average molecular weight is 308 g/mol. The molecule has 3 aromatic rings. The first-order chi connectivity index (χ1) is 11.3. The maximum atomic E-state index is 9.34. The number of hydrogen-bond acceptors (Lipinski definition) is 2. The van der Waals surface area contributed by atoms with Crippen LogP contribution >= 0.6 is 0 Å². The predicted octanol–water partition coefficient (Wildman–Crippen LogP) is 3.51. The van der Waals surface area contributed by atoms with Gasteiger partial charge in [0.15, 0.2) is 0 Å². The van der Waals surface area contributed by atoms with E-state index in [1.165, 1.54) is 27.6 Å². The number of fused-ring (bicyclic) bond motifs is 1. The normalized spacial score (nSPS) is 11.4. The first-order valence-corrected chi connectivity index (χ1v) is 8.20. The summed E-state index contributed by atoms with van der Waals surface area (Å²) < 4.78 is 0. The number of nitrogens with one attached hydrogen (secondary N) is 1. The molecule has 2 N–H and O–H groups in total. The number of hydrogen-bond donors (Lipinski definition) is 2. The quantitative estimate of drug-likeness (QED) is 0.701. The van der Waals surface area contributed by atoms with Crippen LogP contribution in [-0.2, 0) is 13.0 Å². The third-order valence-electron chi connectivity index (χ3n) is 4.32. The van der Waals surface area contributed by atoms with Crippen molar-refractivity contribution in [3.05, 3.63) is 71.4 Å². The number of aromatic amines is 1. The first-order valence-electron chi connectivity index (χ1n) is 8.20. The van der Waals surface area contributed by atoms with Crippen molar-refractivity contribution < 1.29 is 5.11 Å². The Hall–Kier alpha value is -2.10. The molecule has 3 nitrogen and oxygen atoms in total. The van der Waals surface area contributed by atoms with Gasteiger partial charge >= 0.3 is 0 Å². The van der Waals surface area contributed by atoms with Gasteiger partial charge in [0.05, 0.1) is 6.61 Å². The molecule has 0 amide bonds. The van der Waals surface area contributed by atoms with Crippen molar-refractivity contribution in [1.82, 2.24) is 9.88 Å². The third kappa shape index (κ3) is 4.01. The molecule has 0 radical (unpaired) electrons. The number of benzene rings is 2. The van der Waals surface area contributed by atoms with Crippen LogP contribution in [0.2, 0.25) is 0 Å². The van der Waals surface area contributed by atoms with Gasteiger partial charge in [-0.2, -0.15) is 0 Å². The minimum absolute atomic E-state index is 0.194. The maximum absolute atomic E-state index is 9.34. The van der Waals surface area contributed by atoms with Crippen LogP contribution in [-0.4, -0.2) is 34.7 Å². The summed E-state index contributed by atoms with van der Waals surface area (Å²) in [5.41, 5.74) is 5.10. The van der Waals surface area contributed by atoms with Crippen molar-refractivity contribution >= 4 is 10.9 Å². The Morgan fingerprint density at radius 3 is 2.57 bits per heavy atom. The molecule has 0 spiro atoms. The van der Waals surface area contributed by atoms with Gasteiger partial charge in [0.1, 0.15) is 0 Å². The molecule has 3 heteroatoms. The molecule has 23 heavy (non-hydrogen) atoms. The largest absolute Gasteiger partial charge is 0.395 e. The van der Waals surface area contributed by atoms with E-state index in [-0.39, 0.29) is 6.61 Å². The summed E-state index contributed by atoms with van der Waals surface area (Å²) in [5, 5.41) is 10.6. The van der Waals surface area contributed by atoms with Crippen LogP contribution in [0.5, 0.6) is 0 Å². The molecule has 0 unspecified atom stereocenters. The second kappa shape index (κ2) is 7.44. The van der Waals surface area contributed by atoms with Crippen molar-refractivity contribution in [3.63, 3.8) is 0 Å². The minimum atomic E-state index is 0.194. The lowest BCUT2D eigenvalue weighted by Gasteiger charge is -2.21. The molecular formula is C20H24N2O. The highest BCUT2D eigenvalue weighted by molar-refractivity contribution is 5.83. The van der Waals surface area contributed by atoms with E-state index >= 15 is 0 Å². The van der Waals surface area contributed by atoms with Crippen LogP contribution < -0.4 is 0 Å². The van der Waals surface area contributed by atoms with Crippen LogP contribution in [0.3, 0.4) is 0 Å². The summed E-state index contributed by atoms with van der Waals surface area (Å²) in [4.78, 5) is 5.64. The standard InChI is InChI=1S/C20H24N2O/c1-16-6-8-17(9-7-16)15-22(12-13-23)11-10-18-14-21-20-5-3-2-4-19(18)20/h2-9,14,21,23H,10-13,15H2,1H3. The third-order valence-corrected chi connectivity index (χ3v) is 4.32. The number of rotatable bonds is 7. The Morgan fingerprint density at radius 2 is 1.78 bits per heavy atom. The topological polar surface area (TPSA) is 39.3 Å². The Labute approximate surface area is 137 Å². The van der Waals surface area contributed by atoms with Crippen LogP contribution in [0.25, 0.3) is 10.9 Å². The number of nitrogens with zero attached hydrogens (tertiary/aromatic N) is 1. The molecule has 0 saturated carbocycles. The summed E-state index contributed by atoms with van der Waals surface area (Å²) in [6.45, 7) is 4.82. The number of aryl methyl sites for hydroxylation is 1. The predicted molar refractivity (Wildman–Crippen MR) is 95.5 cm³/mol. The summed E-state index contributed by atoms with van der Waals surface area (Å²) in [7, 11) is 0. The van der Waals surface area contributed by atoms with Gasteiger partial charge in [-0.25, -0.2) is 0 Å². The van der Waals surface area contributed by atoms with Gasteiger partial charge in [-0.3, -0.25) is 4.90 Å². The summed E-state index contributed by atoms with van der Waals surface area (Å²) in [6, 6.07) is 17.0. The zero-order chi connectivity index (χ0) is 16.1. The molecule has 0 aliphatic heterocycles. The van der Waals surface area contributed by atoms with E-state index in [1.54, 1.807) is 0 Å². The fourth-order valence-corrected chi connectivity index (χ4v) is 2.98. The Morgan fingerprint density at radius 1 is 1.00 bits per heavy atom. The number of aliphatic hydroxyl groups is 1. The van der Waals surface area contributed by atoms with Crippen molar-refractivity contribution in [2.75, 3.05) is 19.7 Å². The Balaban J connectivity index is 1.66.